The Kier molecular flexibility index (Phi) is 5.35. The van der Waals surface area contributed by atoms with E-state index in [0.717, 1.165) is 19.6 Å². The monoisotopic (exact) mass is 456 g/mol. The van der Waals surface area contributed by atoms with E-state index in [-0.39, 0.29) is 5.82 Å². The zero-order chi connectivity index (χ0) is 16.2. The lowest BCUT2D eigenvalue weighted by atomic mass is 10.3. The molecule has 0 N–H and O–H groups in total. The highest BCUT2D eigenvalue weighted by Crippen LogP contribution is 2.34. The first-order valence-corrected chi connectivity index (χ1v) is 9.16. The van der Waals surface area contributed by atoms with Crippen molar-refractivity contribution in [3.63, 3.8) is 0 Å². The van der Waals surface area contributed by atoms with Gasteiger partial charge in [-0.25, -0.2) is 4.39 Å². The lowest BCUT2D eigenvalue weighted by molar-refractivity contribution is 0.305. The summed E-state index contributed by atoms with van der Waals surface area (Å²) in [5.74, 6) is 1.51. The molecule has 0 aliphatic rings. The molecule has 3 aromatic rings. The molecule has 0 aliphatic carbocycles. The molecule has 2 nitrogen and oxygen atoms in total. The Labute approximate surface area is 154 Å². The van der Waals surface area contributed by atoms with Crippen LogP contribution in [0.2, 0.25) is 0 Å². The Bertz CT molecular complexity index is 803. The second kappa shape index (κ2) is 7.47. The number of thiophene rings is 1. The molecule has 0 saturated carbocycles. The van der Waals surface area contributed by atoms with Gasteiger partial charge in [-0.15, -0.1) is 11.3 Å². The first-order valence-electron chi connectivity index (χ1n) is 6.69. The van der Waals surface area contributed by atoms with Gasteiger partial charge in [-0.2, -0.15) is 0 Å². The highest BCUT2D eigenvalue weighted by atomic mass is 79.9. The maximum atomic E-state index is 13.1. The molecule has 0 fully saturated rings. The summed E-state index contributed by atoms with van der Waals surface area (Å²) in [4.78, 5) is 0. The molecular formula is C17H11Br2FO2S. The summed E-state index contributed by atoms with van der Waals surface area (Å²) in [6, 6.07) is 13.3. The molecule has 0 saturated heterocycles. The third kappa shape index (κ3) is 4.34. The molecule has 1 aromatic heterocycles. The topological polar surface area (TPSA) is 18.5 Å². The van der Waals surface area contributed by atoms with Gasteiger partial charge in [-0.1, -0.05) is 6.07 Å². The summed E-state index contributed by atoms with van der Waals surface area (Å²) in [5, 5.41) is 2.04. The van der Waals surface area contributed by atoms with Crippen molar-refractivity contribution in [2.45, 2.75) is 6.61 Å². The first kappa shape index (κ1) is 16.5. The molecule has 23 heavy (non-hydrogen) atoms. The maximum Gasteiger partial charge on any atom is 0.130 e. The van der Waals surface area contributed by atoms with Gasteiger partial charge in [0.1, 0.15) is 29.7 Å². The standard InChI is InChI=1S/C17H11Br2FO2S/c18-16-11(10-23-17(16)19)9-21-13-4-6-14(7-5-13)22-15-3-1-2-12(20)8-15/h1-8,10H,9H2. The van der Waals surface area contributed by atoms with Crippen molar-refractivity contribution in [1.82, 2.24) is 0 Å². The second-order valence-electron chi connectivity index (χ2n) is 4.67. The molecule has 0 aliphatic heterocycles. The third-order valence-electron chi connectivity index (χ3n) is 3.01. The zero-order valence-electron chi connectivity index (χ0n) is 11.8. The summed E-state index contributed by atoms with van der Waals surface area (Å²) >= 11 is 8.58. The second-order valence-corrected chi connectivity index (χ2v) is 7.66. The van der Waals surface area contributed by atoms with E-state index in [4.69, 9.17) is 9.47 Å². The van der Waals surface area contributed by atoms with Gasteiger partial charge in [0, 0.05) is 16.1 Å². The van der Waals surface area contributed by atoms with Crippen molar-refractivity contribution < 1.29 is 13.9 Å². The number of halogens is 3. The Morgan fingerprint density at radius 1 is 0.957 bits per heavy atom. The fraction of sp³-hybridized carbons (Fsp3) is 0.0588. The van der Waals surface area contributed by atoms with Crippen LogP contribution in [0.5, 0.6) is 17.2 Å². The number of hydrogen-bond donors (Lipinski definition) is 0. The van der Waals surface area contributed by atoms with E-state index in [0.29, 0.717) is 18.1 Å². The van der Waals surface area contributed by atoms with Crippen molar-refractivity contribution >= 4 is 43.2 Å². The van der Waals surface area contributed by atoms with E-state index in [9.17, 15) is 4.39 Å². The number of benzene rings is 2. The smallest absolute Gasteiger partial charge is 0.130 e. The molecule has 0 unspecified atom stereocenters. The van der Waals surface area contributed by atoms with Gasteiger partial charge in [0.15, 0.2) is 0 Å². The van der Waals surface area contributed by atoms with Gasteiger partial charge in [-0.05, 0) is 73.6 Å². The van der Waals surface area contributed by atoms with E-state index in [2.05, 4.69) is 31.9 Å². The van der Waals surface area contributed by atoms with Crippen molar-refractivity contribution in [2.75, 3.05) is 0 Å². The molecule has 0 amide bonds. The van der Waals surface area contributed by atoms with Gasteiger partial charge >= 0.3 is 0 Å². The van der Waals surface area contributed by atoms with Crippen LogP contribution in [0.3, 0.4) is 0 Å². The highest BCUT2D eigenvalue weighted by Gasteiger charge is 2.07. The average Bonchev–Trinajstić information content (AvgIpc) is 2.86. The Morgan fingerprint density at radius 2 is 1.70 bits per heavy atom. The van der Waals surface area contributed by atoms with Gasteiger partial charge in [-0.3, -0.25) is 0 Å². The molecule has 2 aromatic carbocycles. The van der Waals surface area contributed by atoms with Crippen LogP contribution in [0.4, 0.5) is 4.39 Å². The van der Waals surface area contributed by atoms with Crippen molar-refractivity contribution in [1.29, 1.82) is 0 Å². The number of ether oxygens (including phenoxy) is 2. The molecular weight excluding hydrogens is 447 g/mol. The molecule has 0 atom stereocenters. The van der Waals surface area contributed by atoms with Crippen LogP contribution >= 0.6 is 43.2 Å². The Morgan fingerprint density at radius 3 is 2.35 bits per heavy atom. The third-order valence-corrected chi connectivity index (χ3v) is 6.48. The Balaban J connectivity index is 1.62. The van der Waals surface area contributed by atoms with Crippen LogP contribution < -0.4 is 9.47 Å². The molecule has 3 rings (SSSR count). The van der Waals surface area contributed by atoms with Gasteiger partial charge in [0.25, 0.3) is 0 Å². The predicted molar refractivity (Wildman–Crippen MR) is 97.0 cm³/mol. The van der Waals surface area contributed by atoms with Gasteiger partial charge in [0.05, 0.1) is 3.79 Å². The summed E-state index contributed by atoms with van der Waals surface area (Å²) in [7, 11) is 0. The van der Waals surface area contributed by atoms with Crippen molar-refractivity contribution in [2.24, 2.45) is 0 Å². The summed E-state index contributed by atoms with van der Waals surface area (Å²) in [5.41, 5.74) is 1.09. The minimum Gasteiger partial charge on any atom is -0.489 e. The first-order chi connectivity index (χ1) is 11.1. The Hall–Kier alpha value is -1.37. The SMILES string of the molecule is Fc1cccc(Oc2ccc(OCc3csc(Br)c3Br)cc2)c1. The number of hydrogen-bond acceptors (Lipinski definition) is 3. The van der Waals surface area contributed by atoms with Crippen LogP contribution in [-0.2, 0) is 6.61 Å². The minimum atomic E-state index is -0.324. The van der Waals surface area contributed by atoms with Crippen LogP contribution in [0, 0.1) is 5.82 Å². The fourth-order valence-electron chi connectivity index (χ4n) is 1.88. The summed E-state index contributed by atoms with van der Waals surface area (Å²) < 4.78 is 26.5. The fourth-order valence-corrected chi connectivity index (χ4v) is 3.74. The number of rotatable bonds is 5. The lowest BCUT2D eigenvalue weighted by Crippen LogP contribution is -1.94. The predicted octanol–water partition coefficient (Wildman–Crippen LogP) is 6.78. The van der Waals surface area contributed by atoms with Crippen LogP contribution in [0.15, 0.2) is 62.2 Å². The van der Waals surface area contributed by atoms with Crippen LogP contribution in [-0.4, -0.2) is 0 Å². The average molecular weight is 458 g/mol. The highest BCUT2D eigenvalue weighted by molar-refractivity contribution is 9.13. The molecule has 118 valence electrons. The van der Waals surface area contributed by atoms with E-state index in [1.54, 1.807) is 35.6 Å². The van der Waals surface area contributed by atoms with E-state index < -0.39 is 0 Å². The quantitative estimate of drug-likeness (QED) is 0.420. The molecule has 1 heterocycles. The summed E-state index contributed by atoms with van der Waals surface area (Å²) in [6.07, 6.45) is 0. The normalized spacial score (nSPS) is 10.6. The largest absolute Gasteiger partial charge is 0.489 e. The molecule has 6 heteroatoms. The van der Waals surface area contributed by atoms with Gasteiger partial charge in [0.2, 0.25) is 0 Å². The van der Waals surface area contributed by atoms with Crippen molar-refractivity contribution in [3.05, 3.63) is 73.6 Å². The lowest BCUT2D eigenvalue weighted by Gasteiger charge is -2.08. The zero-order valence-corrected chi connectivity index (χ0v) is 15.8. The van der Waals surface area contributed by atoms with Crippen LogP contribution in [0.1, 0.15) is 5.56 Å². The van der Waals surface area contributed by atoms with E-state index in [1.807, 2.05) is 17.5 Å². The van der Waals surface area contributed by atoms with Crippen LogP contribution in [0.25, 0.3) is 0 Å². The molecule has 0 bridgehead atoms. The van der Waals surface area contributed by atoms with E-state index >= 15 is 0 Å². The minimum absolute atomic E-state index is 0.324. The van der Waals surface area contributed by atoms with Crippen molar-refractivity contribution in [3.8, 4) is 17.2 Å². The molecule has 0 spiro atoms. The summed E-state index contributed by atoms with van der Waals surface area (Å²) in [6.45, 7) is 0.479. The molecule has 0 radical (unpaired) electrons. The van der Waals surface area contributed by atoms with Gasteiger partial charge < -0.3 is 9.47 Å². The van der Waals surface area contributed by atoms with E-state index in [1.165, 1.54) is 12.1 Å². The maximum absolute atomic E-state index is 13.1.